The molecule has 2 aliphatic heterocycles. The van der Waals surface area contributed by atoms with Gasteiger partial charge in [-0.1, -0.05) is 30.3 Å². The molecule has 2 aromatic carbocycles. The fourth-order valence-electron chi connectivity index (χ4n) is 4.87. The molecule has 30 heavy (non-hydrogen) atoms. The number of amides is 1. The van der Waals surface area contributed by atoms with Crippen LogP contribution in [0, 0.1) is 5.92 Å². The van der Waals surface area contributed by atoms with Crippen LogP contribution in [0.4, 0.5) is 0 Å². The number of hydrogen-bond acceptors (Lipinski definition) is 3. The highest BCUT2D eigenvalue weighted by molar-refractivity contribution is 7.98. The van der Waals surface area contributed by atoms with E-state index in [0.29, 0.717) is 25.6 Å². The van der Waals surface area contributed by atoms with Crippen LogP contribution in [0.3, 0.4) is 0 Å². The molecule has 152 valence electrons. The van der Waals surface area contributed by atoms with Gasteiger partial charge in [-0.05, 0) is 60.6 Å². The van der Waals surface area contributed by atoms with Gasteiger partial charge in [-0.2, -0.15) is 0 Å². The van der Waals surface area contributed by atoms with Gasteiger partial charge >= 0.3 is 0 Å². The summed E-state index contributed by atoms with van der Waals surface area (Å²) in [5.74, 6) is 0.619. The molecule has 2 aliphatic rings. The molecule has 1 amide bonds. The molecule has 0 saturated carbocycles. The van der Waals surface area contributed by atoms with Gasteiger partial charge in [-0.15, -0.1) is 11.8 Å². The summed E-state index contributed by atoms with van der Waals surface area (Å²) in [5, 5.41) is 0. The van der Waals surface area contributed by atoms with Gasteiger partial charge in [-0.3, -0.25) is 9.59 Å². The van der Waals surface area contributed by atoms with Gasteiger partial charge in [0.1, 0.15) is 0 Å². The zero-order valence-corrected chi connectivity index (χ0v) is 17.8. The number of thioether (sulfide) groups is 1. The average Bonchev–Trinajstić information content (AvgIpc) is 2.80. The molecule has 0 radical (unpaired) electrons. The molecule has 3 heterocycles. The van der Waals surface area contributed by atoms with Crippen LogP contribution >= 0.6 is 11.8 Å². The summed E-state index contributed by atoms with van der Waals surface area (Å²) in [6.45, 7) is 2.06. The van der Waals surface area contributed by atoms with Gasteiger partial charge in [0.2, 0.25) is 0 Å². The zero-order valence-electron chi connectivity index (χ0n) is 17.0. The number of rotatable bonds is 3. The van der Waals surface area contributed by atoms with Crippen LogP contribution in [0.1, 0.15) is 28.4 Å². The molecule has 0 N–H and O–H groups in total. The van der Waals surface area contributed by atoms with Crippen LogP contribution in [0.5, 0.6) is 0 Å². The van der Waals surface area contributed by atoms with Crippen molar-refractivity contribution < 1.29 is 4.79 Å². The topological polar surface area (TPSA) is 42.3 Å². The molecule has 2 unspecified atom stereocenters. The van der Waals surface area contributed by atoms with Gasteiger partial charge in [0.25, 0.3) is 11.5 Å². The lowest BCUT2D eigenvalue weighted by molar-refractivity contribution is 0.0594. The van der Waals surface area contributed by atoms with Gasteiger partial charge < -0.3 is 9.47 Å². The Morgan fingerprint density at radius 2 is 1.70 bits per heavy atom. The van der Waals surface area contributed by atoms with Crippen LogP contribution in [-0.4, -0.2) is 34.7 Å². The van der Waals surface area contributed by atoms with E-state index in [2.05, 4.69) is 18.2 Å². The fourth-order valence-corrected chi connectivity index (χ4v) is 5.27. The second kappa shape index (κ2) is 7.80. The quantitative estimate of drug-likeness (QED) is 0.591. The molecule has 4 nitrogen and oxygen atoms in total. The summed E-state index contributed by atoms with van der Waals surface area (Å²) >= 11 is 1.70. The Kier molecular flexibility index (Phi) is 4.99. The van der Waals surface area contributed by atoms with E-state index in [9.17, 15) is 9.59 Å². The van der Waals surface area contributed by atoms with E-state index in [1.165, 1.54) is 4.90 Å². The van der Waals surface area contributed by atoms with Crippen molar-refractivity contribution in [3.05, 3.63) is 88.3 Å². The summed E-state index contributed by atoms with van der Waals surface area (Å²) in [4.78, 5) is 29.4. The number of benzene rings is 2. The molecule has 5 heteroatoms. The number of fused-ring (bicyclic) bond motifs is 4. The number of carbonyl (C=O) groups is 1. The van der Waals surface area contributed by atoms with Gasteiger partial charge in [-0.25, -0.2) is 0 Å². The normalized spacial score (nSPS) is 20.0. The average molecular weight is 417 g/mol. The number of piperidine rings is 1. The molecule has 0 spiro atoms. The maximum absolute atomic E-state index is 13.3. The first-order valence-corrected chi connectivity index (χ1v) is 11.6. The lowest BCUT2D eigenvalue weighted by Crippen LogP contribution is -2.49. The van der Waals surface area contributed by atoms with Crippen LogP contribution in [0.2, 0.25) is 0 Å². The highest BCUT2D eigenvalue weighted by Gasteiger charge is 2.36. The Balaban J connectivity index is 1.45. The van der Waals surface area contributed by atoms with Gasteiger partial charge in [0.15, 0.2) is 0 Å². The van der Waals surface area contributed by atoms with E-state index in [1.807, 2.05) is 64.3 Å². The predicted octanol–water partition coefficient (Wildman–Crippen LogP) is 4.50. The van der Waals surface area contributed by atoms with E-state index in [4.69, 9.17) is 0 Å². The number of nitrogens with zero attached hydrogens (tertiary/aromatic N) is 2. The second-order valence-corrected chi connectivity index (χ2v) is 9.07. The van der Waals surface area contributed by atoms with E-state index in [1.54, 1.807) is 11.8 Å². The number of pyridine rings is 1. The first-order valence-electron chi connectivity index (χ1n) is 10.4. The SMILES string of the molecule is CSc1ccc(-c2ccc3n(c2=O)CC2CC3CN(C(=O)c3ccccc3)C2)cc1. The Morgan fingerprint density at radius 1 is 0.933 bits per heavy atom. The molecule has 2 bridgehead atoms. The smallest absolute Gasteiger partial charge is 0.258 e. The summed E-state index contributed by atoms with van der Waals surface area (Å²) in [6.07, 6.45) is 3.09. The number of likely N-dealkylation sites (tertiary alicyclic amines) is 1. The van der Waals surface area contributed by atoms with Crippen molar-refractivity contribution in [2.75, 3.05) is 19.3 Å². The van der Waals surface area contributed by atoms with Crippen molar-refractivity contribution in [3.63, 3.8) is 0 Å². The van der Waals surface area contributed by atoms with Crippen LogP contribution < -0.4 is 5.56 Å². The largest absolute Gasteiger partial charge is 0.338 e. The molecular formula is C25H24N2O2S. The standard InChI is InChI=1S/C25H24N2O2S/c1-30-21-9-7-18(8-10-21)22-11-12-23-20-13-17(15-27(23)25(22)29)14-26(16-20)24(28)19-5-3-2-4-6-19/h2-12,17,20H,13-16H2,1H3. The summed E-state index contributed by atoms with van der Waals surface area (Å²) < 4.78 is 1.96. The minimum Gasteiger partial charge on any atom is -0.338 e. The van der Waals surface area contributed by atoms with Crippen molar-refractivity contribution >= 4 is 17.7 Å². The van der Waals surface area contributed by atoms with Gasteiger partial charge in [0, 0.05) is 47.3 Å². The lowest BCUT2D eigenvalue weighted by Gasteiger charge is -2.43. The van der Waals surface area contributed by atoms with E-state index < -0.39 is 0 Å². The minimum atomic E-state index is 0.0851. The third kappa shape index (κ3) is 3.37. The number of carbonyl (C=O) groups excluding carboxylic acids is 1. The predicted molar refractivity (Wildman–Crippen MR) is 121 cm³/mol. The molecule has 1 fully saturated rings. The fraction of sp³-hybridized carbons (Fsp3) is 0.280. The molecule has 1 aromatic heterocycles. The van der Waals surface area contributed by atoms with Crippen molar-refractivity contribution in [2.24, 2.45) is 5.92 Å². The molecule has 5 rings (SSSR count). The maximum atomic E-state index is 13.3. The van der Waals surface area contributed by atoms with E-state index in [-0.39, 0.29) is 17.4 Å². The maximum Gasteiger partial charge on any atom is 0.258 e. The van der Waals surface area contributed by atoms with E-state index in [0.717, 1.165) is 28.8 Å². The molecule has 2 atom stereocenters. The summed E-state index contributed by atoms with van der Waals surface area (Å²) in [6, 6.07) is 21.7. The van der Waals surface area contributed by atoms with Crippen molar-refractivity contribution in [2.45, 2.75) is 23.8 Å². The highest BCUT2D eigenvalue weighted by Crippen LogP contribution is 2.36. The second-order valence-electron chi connectivity index (χ2n) is 8.19. The van der Waals surface area contributed by atoms with Crippen molar-refractivity contribution in [3.8, 4) is 11.1 Å². The third-order valence-electron chi connectivity index (χ3n) is 6.31. The molecule has 3 aromatic rings. The van der Waals surface area contributed by atoms with Gasteiger partial charge in [0.05, 0.1) is 0 Å². The first-order chi connectivity index (χ1) is 14.6. The molecule has 1 saturated heterocycles. The molecule has 0 aliphatic carbocycles. The Morgan fingerprint density at radius 3 is 2.43 bits per heavy atom. The summed E-state index contributed by atoms with van der Waals surface area (Å²) in [7, 11) is 0. The lowest BCUT2D eigenvalue weighted by atomic mass is 9.82. The van der Waals surface area contributed by atoms with Crippen molar-refractivity contribution in [1.29, 1.82) is 0 Å². The molecular weight excluding hydrogens is 392 g/mol. The monoisotopic (exact) mass is 416 g/mol. The van der Waals surface area contributed by atoms with Crippen LogP contribution in [0.15, 0.2) is 76.4 Å². The van der Waals surface area contributed by atoms with Crippen molar-refractivity contribution in [1.82, 2.24) is 9.47 Å². The Labute approximate surface area is 180 Å². The summed E-state index contributed by atoms with van der Waals surface area (Å²) in [5.41, 5.74) is 3.60. The minimum absolute atomic E-state index is 0.0851. The third-order valence-corrected chi connectivity index (χ3v) is 7.06. The number of aromatic nitrogens is 1. The highest BCUT2D eigenvalue weighted by atomic mass is 32.2. The van der Waals surface area contributed by atoms with Crippen LogP contribution in [-0.2, 0) is 6.54 Å². The Hall–Kier alpha value is -2.79. The van der Waals surface area contributed by atoms with E-state index >= 15 is 0 Å². The first kappa shape index (κ1) is 19.2. The zero-order chi connectivity index (χ0) is 20.7. The number of hydrogen-bond donors (Lipinski definition) is 0. The van der Waals surface area contributed by atoms with Crippen LogP contribution in [0.25, 0.3) is 11.1 Å². The Bertz CT molecular complexity index is 1140.